The van der Waals surface area contributed by atoms with Crippen molar-refractivity contribution in [1.29, 1.82) is 0 Å². The van der Waals surface area contributed by atoms with Gasteiger partial charge in [0.1, 0.15) is 0 Å². The smallest absolute Gasteiger partial charge is 0.0320 e. The molecular formula is C12H23NS2. The minimum Gasteiger partial charge on any atom is -0.313 e. The van der Waals surface area contributed by atoms with Gasteiger partial charge in [0.05, 0.1) is 0 Å². The zero-order chi connectivity index (χ0) is 10.7. The van der Waals surface area contributed by atoms with Crippen molar-refractivity contribution in [3.05, 3.63) is 0 Å². The van der Waals surface area contributed by atoms with Crippen molar-refractivity contribution in [3.63, 3.8) is 0 Å². The Morgan fingerprint density at radius 2 is 2.00 bits per heavy atom. The molecule has 2 rings (SSSR count). The third-order valence-corrected chi connectivity index (χ3v) is 6.57. The van der Waals surface area contributed by atoms with Gasteiger partial charge in [-0.05, 0) is 31.7 Å². The molecule has 0 aromatic heterocycles. The second-order valence-corrected chi connectivity index (χ2v) is 7.50. The molecule has 0 aromatic rings. The highest BCUT2D eigenvalue weighted by molar-refractivity contribution is 8.07. The standard InChI is InChI=1S/C12H23NS2/c1-3-6-13-11(10-4-5-10)12-9(2)14-7-8-15-12/h9-13H,3-8H2,1-2H3. The Morgan fingerprint density at radius 3 is 2.60 bits per heavy atom. The lowest BCUT2D eigenvalue weighted by Crippen LogP contribution is -2.46. The molecule has 1 N–H and O–H groups in total. The topological polar surface area (TPSA) is 12.0 Å². The average Bonchev–Trinajstić information content (AvgIpc) is 3.05. The van der Waals surface area contributed by atoms with Gasteiger partial charge in [-0.15, -0.1) is 0 Å². The van der Waals surface area contributed by atoms with Gasteiger partial charge in [-0.2, -0.15) is 23.5 Å². The molecule has 0 aromatic carbocycles. The first-order valence-electron chi connectivity index (χ1n) is 6.29. The summed E-state index contributed by atoms with van der Waals surface area (Å²) in [5.41, 5.74) is 0. The van der Waals surface area contributed by atoms with Gasteiger partial charge in [0.2, 0.25) is 0 Å². The Hall–Kier alpha value is 0.660. The quantitative estimate of drug-likeness (QED) is 0.800. The van der Waals surface area contributed by atoms with Crippen LogP contribution < -0.4 is 5.32 Å². The van der Waals surface area contributed by atoms with Crippen molar-refractivity contribution in [2.75, 3.05) is 18.1 Å². The fourth-order valence-corrected chi connectivity index (χ4v) is 5.40. The fourth-order valence-electron chi connectivity index (χ4n) is 2.36. The first-order valence-corrected chi connectivity index (χ1v) is 8.39. The number of hydrogen-bond acceptors (Lipinski definition) is 3. The van der Waals surface area contributed by atoms with E-state index in [2.05, 4.69) is 42.7 Å². The average molecular weight is 245 g/mol. The lowest BCUT2D eigenvalue weighted by atomic mass is 10.1. The van der Waals surface area contributed by atoms with Crippen LogP contribution in [0.5, 0.6) is 0 Å². The van der Waals surface area contributed by atoms with E-state index in [0.29, 0.717) is 0 Å². The molecule has 0 radical (unpaired) electrons. The molecular weight excluding hydrogens is 222 g/mol. The number of hydrogen-bond donors (Lipinski definition) is 1. The van der Waals surface area contributed by atoms with E-state index in [0.717, 1.165) is 22.5 Å². The largest absolute Gasteiger partial charge is 0.313 e. The molecule has 1 saturated heterocycles. The highest BCUT2D eigenvalue weighted by Gasteiger charge is 2.39. The van der Waals surface area contributed by atoms with Crippen LogP contribution in [0.4, 0.5) is 0 Å². The number of nitrogens with one attached hydrogen (secondary N) is 1. The minimum absolute atomic E-state index is 0.803. The van der Waals surface area contributed by atoms with E-state index in [9.17, 15) is 0 Å². The summed E-state index contributed by atoms with van der Waals surface area (Å²) in [6.07, 6.45) is 4.20. The molecule has 1 nitrogen and oxygen atoms in total. The van der Waals surface area contributed by atoms with Gasteiger partial charge in [-0.25, -0.2) is 0 Å². The molecule has 2 aliphatic rings. The molecule has 0 amide bonds. The Bertz CT molecular complexity index is 194. The first-order chi connectivity index (χ1) is 7.33. The van der Waals surface area contributed by atoms with E-state index in [-0.39, 0.29) is 0 Å². The Morgan fingerprint density at radius 1 is 1.27 bits per heavy atom. The SMILES string of the molecule is CCCNC(C1CC1)C1SCCSC1C. The molecule has 0 spiro atoms. The van der Waals surface area contributed by atoms with Gasteiger partial charge in [-0.3, -0.25) is 0 Å². The molecule has 3 heteroatoms. The van der Waals surface area contributed by atoms with Crippen LogP contribution in [-0.4, -0.2) is 34.6 Å². The van der Waals surface area contributed by atoms with Crippen molar-refractivity contribution in [2.24, 2.45) is 5.92 Å². The van der Waals surface area contributed by atoms with E-state index in [4.69, 9.17) is 0 Å². The molecule has 3 unspecified atom stereocenters. The predicted octanol–water partition coefficient (Wildman–Crippen LogP) is 3.00. The summed E-state index contributed by atoms with van der Waals surface area (Å²) in [5.74, 6) is 3.71. The minimum atomic E-state index is 0.803. The molecule has 1 heterocycles. The zero-order valence-corrected chi connectivity index (χ0v) is 11.5. The number of thioether (sulfide) groups is 2. The monoisotopic (exact) mass is 245 g/mol. The third kappa shape index (κ3) is 3.31. The highest BCUT2D eigenvalue weighted by atomic mass is 32.2. The zero-order valence-electron chi connectivity index (χ0n) is 9.87. The lowest BCUT2D eigenvalue weighted by molar-refractivity contribution is 0.444. The predicted molar refractivity (Wildman–Crippen MR) is 73.0 cm³/mol. The van der Waals surface area contributed by atoms with Gasteiger partial charge >= 0.3 is 0 Å². The maximum absolute atomic E-state index is 3.80. The van der Waals surface area contributed by atoms with Crippen LogP contribution in [0.2, 0.25) is 0 Å². The van der Waals surface area contributed by atoms with E-state index >= 15 is 0 Å². The molecule has 2 fully saturated rings. The molecule has 88 valence electrons. The highest BCUT2D eigenvalue weighted by Crippen LogP contribution is 2.42. The first kappa shape index (κ1) is 12.1. The lowest BCUT2D eigenvalue weighted by Gasteiger charge is -2.35. The maximum atomic E-state index is 3.80. The summed E-state index contributed by atoms with van der Waals surface area (Å²) in [6, 6.07) is 0.803. The van der Waals surface area contributed by atoms with Crippen LogP contribution >= 0.6 is 23.5 Å². The molecule has 3 atom stereocenters. The third-order valence-electron chi connectivity index (χ3n) is 3.35. The summed E-state index contributed by atoms with van der Waals surface area (Å²) in [6.45, 7) is 5.89. The summed E-state index contributed by atoms with van der Waals surface area (Å²) in [7, 11) is 0. The second kappa shape index (κ2) is 5.83. The van der Waals surface area contributed by atoms with Gasteiger partial charge in [-0.1, -0.05) is 13.8 Å². The Labute approximate surface area is 103 Å². The van der Waals surface area contributed by atoms with Gasteiger partial charge in [0.15, 0.2) is 0 Å². The molecule has 1 aliphatic carbocycles. The van der Waals surface area contributed by atoms with Crippen LogP contribution in [0.25, 0.3) is 0 Å². The van der Waals surface area contributed by atoms with Crippen molar-refractivity contribution in [3.8, 4) is 0 Å². The van der Waals surface area contributed by atoms with Crippen LogP contribution in [0.3, 0.4) is 0 Å². The molecule has 1 aliphatic heterocycles. The normalized spacial score (nSPS) is 34.0. The number of rotatable bonds is 5. The van der Waals surface area contributed by atoms with Gasteiger partial charge in [0, 0.05) is 28.0 Å². The van der Waals surface area contributed by atoms with Crippen LogP contribution in [0.1, 0.15) is 33.1 Å². The summed E-state index contributed by atoms with van der Waals surface area (Å²) >= 11 is 4.39. The van der Waals surface area contributed by atoms with Gasteiger partial charge in [0.25, 0.3) is 0 Å². The van der Waals surface area contributed by atoms with Crippen molar-refractivity contribution < 1.29 is 0 Å². The van der Waals surface area contributed by atoms with E-state index in [1.54, 1.807) is 0 Å². The summed E-state index contributed by atoms with van der Waals surface area (Å²) in [4.78, 5) is 0. The van der Waals surface area contributed by atoms with E-state index < -0.39 is 0 Å². The van der Waals surface area contributed by atoms with Gasteiger partial charge < -0.3 is 5.32 Å². The van der Waals surface area contributed by atoms with Crippen molar-refractivity contribution in [1.82, 2.24) is 5.32 Å². The van der Waals surface area contributed by atoms with Crippen LogP contribution in [-0.2, 0) is 0 Å². The molecule has 15 heavy (non-hydrogen) atoms. The van der Waals surface area contributed by atoms with Crippen LogP contribution in [0, 0.1) is 5.92 Å². The summed E-state index contributed by atoms with van der Waals surface area (Å²) < 4.78 is 0. The maximum Gasteiger partial charge on any atom is 0.0320 e. The van der Waals surface area contributed by atoms with E-state index in [1.807, 2.05) is 0 Å². The molecule has 0 bridgehead atoms. The van der Waals surface area contributed by atoms with E-state index in [1.165, 1.54) is 37.3 Å². The summed E-state index contributed by atoms with van der Waals surface area (Å²) in [5, 5.41) is 5.51. The van der Waals surface area contributed by atoms with Crippen molar-refractivity contribution in [2.45, 2.75) is 49.7 Å². The Kier molecular flexibility index (Phi) is 4.71. The second-order valence-electron chi connectivity index (χ2n) is 4.73. The van der Waals surface area contributed by atoms with Crippen molar-refractivity contribution >= 4 is 23.5 Å². The fraction of sp³-hybridized carbons (Fsp3) is 1.00. The molecule has 1 saturated carbocycles. The van der Waals surface area contributed by atoms with Crippen LogP contribution in [0.15, 0.2) is 0 Å². The Balaban J connectivity index is 1.89.